The van der Waals surface area contributed by atoms with Crippen LogP contribution in [0, 0.1) is 0 Å². The molecule has 0 aliphatic carbocycles. The smallest absolute Gasteiger partial charge is 0.236 e. The number of hydrogen-bond acceptors (Lipinski definition) is 3. The van der Waals surface area contributed by atoms with Crippen LogP contribution in [0.2, 0.25) is 0 Å². The highest BCUT2D eigenvalue weighted by atomic mass is 16.2. The molecule has 0 amide bonds. The first-order valence-electron chi connectivity index (χ1n) is 6.04. The molecule has 4 heteroatoms. The summed E-state index contributed by atoms with van der Waals surface area (Å²) in [6.07, 6.45) is 1.91. The Kier molecular flexibility index (Phi) is 2.76. The number of hydrogen-bond donors (Lipinski definition) is 1. The van der Waals surface area contributed by atoms with E-state index in [9.17, 15) is 4.79 Å². The molecule has 19 heavy (non-hydrogen) atoms. The lowest BCUT2D eigenvalue weighted by Crippen LogP contribution is -2.12. The summed E-state index contributed by atoms with van der Waals surface area (Å²) in [5.41, 5.74) is 8.93. The zero-order valence-electron chi connectivity index (χ0n) is 10.3. The first-order valence-corrected chi connectivity index (χ1v) is 6.04. The molecular weight excluding hydrogens is 238 g/mol. The third kappa shape index (κ3) is 2.20. The Morgan fingerprint density at radius 1 is 1.11 bits per heavy atom. The number of fused-ring (bicyclic) bond motifs is 1. The lowest BCUT2D eigenvalue weighted by atomic mass is 10.1. The molecule has 94 valence electrons. The quantitative estimate of drug-likeness (QED) is 0.712. The van der Waals surface area contributed by atoms with Crippen LogP contribution in [0.1, 0.15) is 10.4 Å². The Morgan fingerprint density at radius 2 is 1.84 bits per heavy atom. The predicted octanol–water partition coefficient (Wildman–Crippen LogP) is 2.50. The monoisotopic (exact) mass is 251 g/mol. The summed E-state index contributed by atoms with van der Waals surface area (Å²) in [6.45, 7) is 0. The number of imidazole rings is 1. The van der Waals surface area contributed by atoms with Gasteiger partial charge in [-0.25, -0.2) is 4.98 Å². The van der Waals surface area contributed by atoms with Crippen molar-refractivity contribution < 1.29 is 4.79 Å². The fraction of sp³-hybridized carbons (Fsp3) is 0.0667. The Bertz CT molecular complexity index is 728. The molecule has 0 saturated heterocycles. The van der Waals surface area contributed by atoms with Crippen molar-refractivity contribution in [2.24, 2.45) is 0 Å². The van der Waals surface area contributed by atoms with Gasteiger partial charge in [-0.2, -0.15) is 0 Å². The van der Waals surface area contributed by atoms with Crippen molar-refractivity contribution >= 4 is 22.6 Å². The highest BCUT2D eigenvalue weighted by Gasteiger charge is 2.10. The molecule has 4 nitrogen and oxygen atoms in total. The van der Waals surface area contributed by atoms with E-state index >= 15 is 0 Å². The van der Waals surface area contributed by atoms with Crippen LogP contribution in [0.25, 0.3) is 11.0 Å². The summed E-state index contributed by atoms with van der Waals surface area (Å²) in [6, 6.07) is 14.9. The standard InChI is InChI=1S/C15H13N3O/c16-12-7-5-11(6-8-12)9-15(19)18-10-17-13-3-1-2-4-14(13)18/h1-8,10H,9,16H2. The molecule has 0 saturated carbocycles. The number of carbonyl (C=O) groups excluding carboxylic acids is 1. The van der Waals surface area contributed by atoms with Crippen LogP contribution in [0.4, 0.5) is 5.69 Å². The lowest BCUT2D eigenvalue weighted by molar-refractivity contribution is 0.0919. The SMILES string of the molecule is Nc1ccc(CC(=O)n2cnc3ccccc32)cc1. The molecule has 0 atom stereocenters. The molecule has 0 radical (unpaired) electrons. The topological polar surface area (TPSA) is 60.9 Å². The molecule has 3 aromatic rings. The van der Waals surface area contributed by atoms with Gasteiger partial charge in [0.2, 0.25) is 5.91 Å². The van der Waals surface area contributed by atoms with Gasteiger partial charge in [0, 0.05) is 5.69 Å². The van der Waals surface area contributed by atoms with Gasteiger partial charge in [-0.1, -0.05) is 24.3 Å². The Balaban J connectivity index is 1.90. The Hall–Kier alpha value is -2.62. The van der Waals surface area contributed by atoms with Gasteiger partial charge in [-0.3, -0.25) is 9.36 Å². The number of anilines is 1. The zero-order chi connectivity index (χ0) is 13.2. The predicted molar refractivity (Wildman–Crippen MR) is 74.9 cm³/mol. The number of nitrogens with two attached hydrogens (primary N) is 1. The zero-order valence-corrected chi connectivity index (χ0v) is 10.3. The van der Waals surface area contributed by atoms with Crippen LogP contribution in [-0.4, -0.2) is 15.5 Å². The van der Waals surface area contributed by atoms with Crippen molar-refractivity contribution in [3.63, 3.8) is 0 Å². The number of aromatic nitrogens is 2. The van der Waals surface area contributed by atoms with Crippen molar-refractivity contribution in [2.75, 3.05) is 5.73 Å². The van der Waals surface area contributed by atoms with Gasteiger partial charge in [0.05, 0.1) is 17.5 Å². The van der Waals surface area contributed by atoms with Gasteiger partial charge in [-0.05, 0) is 29.8 Å². The summed E-state index contributed by atoms with van der Waals surface area (Å²) in [7, 11) is 0. The number of nitrogen functional groups attached to an aromatic ring is 1. The third-order valence-corrected chi connectivity index (χ3v) is 3.06. The molecule has 3 rings (SSSR count). The van der Waals surface area contributed by atoms with Gasteiger partial charge >= 0.3 is 0 Å². The molecule has 1 heterocycles. The minimum atomic E-state index is -0.00142. The molecule has 0 aliphatic rings. The summed E-state index contributed by atoms with van der Waals surface area (Å²) in [5, 5.41) is 0. The highest BCUT2D eigenvalue weighted by Crippen LogP contribution is 2.13. The molecule has 1 aromatic heterocycles. The minimum absolute atomic E-state index is 0.00142. The third-order valence-electron chi connectivity index (χ3n) is 3.06. The van der Waals surface area contributed by atoms with E-state index in [4.69, 9.17) is 5.73 Å². The van der Waals surface area contributed by atoms with Crippen LogP contribution < -0.4 is 5.73 Å². The minimum Gasteiger partial charge on any atom is -0.399 e. The number of rotatable bonds is 2. The van der Waals surface area contributed by atoms with E-state index < -0.39 is 0 Å². The summed E-state index contributed by atoms with van der Waals surface area (Å²) in [4.78, 5) is 16.5. The average Bonchev–Trinajstić information content (AvgIpc) is 2.85. The molecule has 0 bridgehead atoms. The van der Waals surface area contributed by atoms with E-state index in [1.54, 1.807) is 23.0 Å². The van der Waals surface area contributed by atoms with Crippen molar-refractivity contribution in [1.29, 1.82) is 0 Å². The number of para-hydroxylation sites is 2. The van der Waals surface area contributed by atoms with Crippen LogP contribution in [-0.2, 0) is 6.42 Å². The van der Waals surface area contributed by atoms with E-state index in [1.807, 2.05) is 36.4 Å². The molecular formula is C15H13N3O. The summed E-state index contributed by atoms with van der Waals surface area (Å²) in [5.74, 6) is -0.00142. The van der Waals surface area contributed by atoms with Crippen LogP contribution in [0.5, 0.6) is 0 Å². The second-order valence-electron chi connectivity index (χ2n) is 4.42. The highest BCUT2D eigenvalue weighted by molar-refractivity contribution is 5.91. The van der Waals surface area contributed by atoms with Crippen molar-refractivity contribution in [2.45, 2.75) is 6.42 Å². The molecule has 2 aromatic carbocycles. The largest absolute Gasteiger partial charge is 0.399 e. The maximum atomic E-state index is 12.3. The van der Waals surface area contributed by atoms with Gasteiger partial charge in [-0.15, -0.1) is 0 Å². The fourth-order valence-electron chi connectivity index (χ4n) is 2.05. The summed E-state index contributed by atoms with van der Waals surface area (Å²) >= 11 is 0. The first kappa shape index (κ1) is 11.5. The molecule has 2 N–H and O–H groups in total. The summed E-state index contributed by atoms with van der Waals surface area (Å²) < 4.78 is 1.59. The molecule has 0 aliphatic heterocycles. The number of carbonyl (C=O) groups is 1. The second kappa shape index (κ2) is 4.57. The van der Waals surface area contributed by atoms with E-state index in [1.165, 1.54) is 0 Å². The van der Waals surface area contributed by atoms with Gasteiger partial charge in [0.1, 0.15) is 6.33 Å². The van der Waals surface area contributed by atoms with E-state index in [0.29, 0.717) is 12.1 Å². The maximum absolute atomic E-state index is 12.3. The molecule has 0 fully saturated rings. The normalized spacial score (nSPS) is 10.7. The van der Waals surface area contributed by atoms with E-state index in [-0.39, 0.29) is 5.91 Å². The van der Waals surface area contributed by atoms with Crippen molar-refractivity contribution in [1.82, 2.24) is 9.55 Å². The fourth-order valence-corrected chi connectivity index (χ4v) is 2.05. The van der Waals surface area contributed by atoms with E-state index in [0.717, 1.165) is 16.6 Å². The van der Waals surface area contributed by atoms with Gasteiger partial charge < -0.3 is 5.73 Å². The lowest BCUT2D eigenvalue weighted by Gasteiger charge is -2.03. The Morgan fingerprint density at radius 3 is 2.63 bits per heavy atom. The molecule has 0 spiro atoms. The van der Waals surface area contributed by atoms with Gasteiger partial charge in [0.25, 0.3) is 0 Å². The average molecular weight is 251 g/mol. The number of benzene rings is 2. The van der Waals surface area contributed by atoms with Crippen LogP contribution >= 0.6 is 0 Å². The van der Waals surface area contributed by atoms with Crippen molar-refractivity contribution in [3.05, 3.63) is 60.4 Å². The van der Waals surface area contributed by atoms with Gasteiger partial charge in [0.15, 0.2) is 0 Å². The maximum Gasteiger partial charge on any atom is 0.236 e. The number of nitrogens with zero attached hydrogens (tertiary/aromatic N) is 2. The second-order valence-corrected chi connectivity index (χ2v) is 4.42. The molecule has 0 unspecified atom stereocenters. The van der Waals surface area contributed by atoms with Crippen LogP contribution in [0.15, 0.2) is 54.9 Å². The first-order chi connectivity index (χ1) is 9.24. The van der Waals surface area contributed by atoms with Crippen LogP contribution in [0.3, 0.4) is 0 Å². The van der Waals surface area contributed by atoms with E-state index in [2.05, 4.69) is 4.98 Å². The van der Waals surface area contributed by atoms with Crippen molar-refractivity contribution in [3.8, 4) is 0 Å². The Labute approximate surface area is 110 Å².